The highest BCUT2D eigenvalue weighted by Gasteiger charge is 2.34. The van der Waals surface area contributed by atoms with Gasteiger partial charge in [-0.1, -0.05) is 18.5 Å². The summed E-state index contributed by atoms with van der Waals surface area (Å²) in [4.78, 5) is 0. The van der Waals surface area contributed by atoms with E-state index in [1.165, 1.54) is 5.75 Å². The predicted octanol–water partition coefficient (Wildman–Crippen LogP) is 4.22. The molecule has 1 saturated heterocycles. The molecule has 1 aliphatic heterocycles. The number of furan rings is 1. The van der Waals surface area contributed by atoms with Crippen LogP contribution >= 0.6 is 35.1 Å². The van der Waals surface area contributed by atoms with Gasteiger partial charge in [0.2, 0.25) is 0 Å². The van der Waals surface area contributed by atoms with Crippen molar-refractivity contribution in [2.75, 3.05) is 11.5 Å². The molecule has 3 atom stereocenters. The molecule has 1 aliphatic rings. The second kappa shape index (κ2) is 6.84. The SMILES string of the molecule is CCC1SCCSC1C(NN)c1cc2cc(Cl)ccc2o1. The zero-order chi connectivity index (χ0) is 14.8. The second-order valence-electron chi connectivity index (χ2n) is 5.13. The molecule has 21 heavy (non-hydrogen) atoms. The summed E-state index contributed by atoms with van der Waals surface area (Å²) >= 11 is 10.1. The molecule has 0 saturated carbocycles. The van der Waals surface area contributed by atoms with Crippen molar-refractivity contribution in [2.45, 2.75) is 29.9 Å². The summed E-state index contributed by atoms with van der Waals surface area (Å²) in [6, 6.07) is 7.77. The Morgan fingerprint density at radius 1 is 1.38 bits per heavy atom. The van der Waals surface area contributed by atoms with Crippen molar-refractivity contribution >= 4 is 46.1 Å². The number of nitrogens with one attached hydrogen (secondary N) is 1. The molecule has 3 unspecified atom stereocenters. The molecule has 1 fully saturated rings. The molecule has 1 aromatic heterocycles. The first-order valence-corrected chi connectivity index (χ1v) is 9.58. The summed E-state index contributed by atoms with van der Waals surface area (Å²) in [6.45, 7) is 2.24. The van der Waals surface area contributed by atoms with Crippen molar-refractivity contribution < 1.29 is 4.42 Å². The van der Waals surface area contributed by atoms with Gasteiger partial charge in [-0.25, -0.2) is 5.43 Å². The molecule has 3 N–H and O–H groups in total. The maximum atomic E-state index is 6.05. The lowest BCUT2D eigenvalue weighted by Gasteiger charge is -2.34. The van der Waals surface area contributed by atoms with Crippen LogP contribution in [0, 0.1) is 0 Å². The van der Waals surface area contributed by atoms with E-state index in [4.69, 9.17) is 21.9 Å². The molecule has 114 valence electrons. The summed E-state index contributed by atoms with van der Waals surface area (Å²) in [5.41, 5.74) is 3.82. The first kappa shape index (κ1) is 15.6. The Labute approximate surface area is 138 Å². The van der Waals surface area contributed by atoms with Crippen molar-refractivity contribution in [1.82, 2.24) is 5.43 Å². The second-order valence-corrected chi connectivity index (χ2v) is 8.20. The van der Waals surface area contributed by atoms with Crippen molar-refractivity contribution in [3.05, 3.63) is 35.0 Å². The summed E-state index contributed by atoms with van der Waals surface area (Å²) in [7, 11) is 0. The van der Waals surface area contributed by atoms with Crippen LogP contribution in [0.3, 0.4) is 0 Å². The van der Waals surface area contributed by atoms with Crippen LogP contribution in [0.25, 0.3) is 11.0 Å². The molecule has 0 spiro atoms. The summed E-state index contributed by atoms with van der Waals surface area (Å²) in [5, 5.41) is 2.77. The van der Waals surface area contributed by atoms with Crippen molar-refractivity contribution in [3.8, 4) is 0 Å². The van der Waals surface area contributed by atoms with Gasteiger partial charge in [-0.15, -0.1) is 0 Å². The number of hydrogen-bond donors (Lipinski definition) is 2. The van der Waals surface area contributed by atoms with Crippen molar-refractivity contribution in [3.63, 3.8) is 0 Å². The third kappa shape index (κ3) is 3.22. The van der Waals surface area contributed by atoms with Crippen molar-refractivity contribution in [2.24, 2.45) is 5.84 Å². The number of benzene rings is 1. The van der Waals surface area contributed by atoms with E-state index in [2.05, 4.69) is 18.4 Å². The first-order chi connectivity index (χ1) is 10.2. The third-order valence-corrected chi connectivity index (χ3v) is 7.39. The van der Waals surface area contributed by atoms with E-state index in [1.54, 1.807) is 0 Å². The molecule has 2 heterocycles. The highest BCUT2D eigenvalue weighted by molar-refractivity contribution is 8.07. The van der Waals surface area contributed by atoms with E-state index < -0.39 is 0 Å². The number of nitrogens with two attached hydrogens (primary N) is 1. The fraction of sp³-hybridized carbons (Fsp3) is 0.467. The molecule has 6 heteroatoms. The van der Waals surface area contributed by atoms with Gasteiger partial charge in [0, 0.05) is 32.4 Å². The van der Waals surface area contributed by atoms with Gasteiger partial charge < -0.3 is 4.42 Å². The highest BCUT2D eigenvalue weighted by atomic mass is 35.5. The van der Waals surface area contributed by atoms with Crippen LogP contribution in [0.15, 0.2) is 28.7 Å². The van der Waals surface area contributed by atoms with Gasteiger partial charge in [0.05, 0.1) is 6.04 Å². The van der Waals surface area contributed by atoms with E-state index in [0.717, 1.165) is 33.9 Å². The lowest BCUT2D eigenvalue weighted by molar-refractivity contribution is 0.418. The quantitative estimate of drug-likeness (QED) is 0.643. The topological polar surface area (TPSA) is 51.2 Å². The lowest BCUT2D eigenvalue weighted by Crippen LogP contribution is -2.41. The van der Waals surface area contributed by atoms with Gasteiger partial charge in [-0.05, 0) is 30.7 Å². The zero-order valence-electron chi connectivity index (χ0n) is 11.8. The molecule has 3 rings (SSSR count). The van der Waals surface area contributed by atoms with E-state index in [-0.39, 0.29) is 6.04 Å². The summed E-state index contributed by atoms with van der Waals surface area (Å²) in [6.07, 6.45) is 1.15. The number of thioether (sulfide) groups is 2. The average molecular weight is 343 g/mol. The fourth-order valence-corrected chi connectivity index (χ4v) is 6.17. The molecule has 0 bridgehead atoms. The van der Waals surface area contributed by atoms with Crippen LogP contribution in [-0.2, 0) is 0 Å². The van der Waals surface area contributed by atoms with E-state index >= 15 is 0 Å². The monoisotopic (exact) mass is 342 g/mol. The zero-order valence-corrected chi connectivity index (χ0v) is 14.2. The van der Waals surface area contributed by atoms with E-state index in [1.807, 2.05) is 41.7 Å². The Bertz CT molecular complexity index is 619. The molecule has 1 aromatic carbocycles. The molecular weight excluding hydrogens is 324 g/mol. The Morgan fingerprint density at radius 2 is 2.19 bits per heavy atom. The maximum absolute atomic E-state index is 6.05. The largest absolute Gasteiger partial charge is 0.459 e. The normalized spacial score (nSPS) is 24.3. The van der Waals surface area contributed by atoms with Crippen LogP contribution in [-0.4, -0.2) is 22.0 Å². The summed E-state index contributed by atoms with van der Waals surface area (Å²) < 4.78 is 6.00. The molecule has 0 radical (unpaired) electrons. The lowest BCUT2D eigenvalue weighted by atomic mass is 10.1. The molecule has 0 aliphatic carbocycles. The third-order valence-electron chi connectivity index (χ3n) is 3.81. The first-order valence-electron chi connectivity index (χ1n) is 7.11. The number of halogens is 1. The van der Waals surface area contributed by atoms with Gasteiger partial charge in [-0.3, -0.25) is 5.84 Å². The van der Waals surface area contributed by atoms with Crippen LogP contribution in [0.1, 0.15) is 25.1 Å². The van der Waals surface area contributed by atoms with Gasteiger partial charge in [-0.2, -0.15) is 23.5 Å². The molecule has 0 amide bonds. The number of hydrogen-bond acceptors (Lipinski definition) is 5. The van der Waals surface area contributed by atoms with E-state index in [9.17, 15) is 0 Å². The van der Waals surface area contributed by atoms with Crippen LogP contribution in [0.5, 0.6) is 0 Å². The molecule has 3 nitrogen and oxygen atoms in total. The Hall–Kier alpha value is -0.330. The smallest absolute Gasteiger partial charge is 0.134 e. The standard InChI is InChI=1S/C15H19ClN2OS2/c1-2-13-15(21-6-5-20-13)14(18-17)12-8-9-7-10(16)3-4-11(9)19-12/h3-4,7-8,13-15,18H,2,5-6,17H2,1H3. The number of fused-ring (bicyclic) bond motifs is 1. The minimum absolute atomic E-state index is 0.0268. The minimum atomic E-state index is 0.0268. The van der Waals surface area contributed by atoms with Crippen LogP contribution in [0.4, 0.5) is 0 Å². The van der Waals surface area contributed by atoms with Gasteiger partial charge in [0.1, 0.15) is 11.3 Å². The minimum Gasteiger partial charge on any atom is -0.459 e. The van der Waals surface area contributed by atoms with Crippen molar-refractivity contribution in [1.29, 1.82) is 0 Å². The Morgan fingerprint density at radius 3 is 2.95 bits per heavy atom. The van der Waals surface area contributed by atoms with Gasteiger partial charge in [0.25, 0.3) is 0 Å². The molecule has 2 aromatic rings. The Kier molecular flexibility index (Phi) is 5.07. The average Bonchev–Trinajstić information content (AvgIpc) is 2.91. The summed E-state index contributed by atoms with van der Waals surface area (Å²) in [5.74, 6) is 9.12. The van der Waals surface area contributed by atoms with Gasteiger partial charge in [0.15, 0.2) is 0 Å². The fourth-order valence-electron chi connectivity index (χ4n) is 2.77. The molecular formula is C15H19ClN2OS2. The van der Waals surface area contributed by atoms with Crippen LogP contribution < -0.4 is 11.3 Å². The highest BCUT2D eigenvalue weighted by Crippen LogP contribution is 2.41. The Balaban J connectivity index is 1.93. The van der Waals surface area contributed by atoms with Gasteiger partial charge >= 0.3 is 0 Å². The predicted molar refractivity (Wildman–Crippen MR) is 94.1 cm³/mol. The number of hydrazine groups is 1. The van der Waals surface area contributed by atoms with Crippen LogP contribution in [0.2, 0.25) is 5.02 Å². The van der Waals surface area contributed by atoms with E-state index in [0.29, 0.717) is 10.5 Å². The number of rotatable bonds is 4. The maximum Gasteiger partial charge on any atom is 0.134 e.